The Hall–Kier alpha value is -3.94. The lowest BCUT2D eigenvalue weighted by Gasteiger charge is -2.11. The summed E-state index contributed by atoms with van der Waals surface area (Å²) < 4.78 is 7.31. The SMILES string of the molecule is CCOc1ccccc1C(=O)NCCn1ncc2c(NCCc3ccccc3)ncnc21. The number of benzene rings is 2. The van der Waals surface area contributed by atoms with Gasteiger partial charge in [0.05, 0.1) is 30.3 Å². The summed E-state index contributed by atoms with van der Waals surface area (Å²) in [6.07, 6.45) is 4.18. The van der Waals surface area contributed by atoms with E-state index in [4.69, 9.17) is 4.74 Å². The third-order valence-corrected chi connectivity index (χ3v) is 5.02. The highest BCUT2D eigenvalue weighted by Crippen LogP contribution is 2.19. The lowest BCUT2D eigenvalue weighted by molar-refractivity contribution is 0.0948. The predicted molar refractivity (Wildman–Crippen MR) is 124 cm³/mol. The van der Waals surface area contributed by atoms with E-state index in [-0.39, 0.29) is 5.91 Å². The molecule has 2 aromatic heterocycles. The van der Waals surface area contributed by atoms with Gasteiger partial charge in [-0.15, -0.1) is 0 Å². The zero-order chi connectivity index (χ0) is 22.2. The van der Waals surface area contributed by atoms with Crippen molar-refractivity contribution in [3.8, 4) is 5.75 Å². The Balaban J connectivity index is 1.36. The van der Waals surface area contributed by atoms with Gasteiger partial charge in [0, 0.05) is 13.1 Å². The van der Waals surface area contributed by atoms with Crippen molar-refractivity contribution >= 4 is 22.8 Å². The highest BCUT2D eigenvalue weighted by Gasteiger charge is 2.13. The fourth-order valence-electron chi connectivity index (χ4n) is 3.47. The van der Waals surface area contributed by atoms with Crippen LogP contribution in [0.15, 0.2) is 67.1 Å². The minimum atomic E-state index is -0.177. The maximum Gasteiger partial charge on any atom is 0.255 e. The maximum absolute atomic E-state index is 12.6. The molecule has 0 unspecified atom stereocenters. The van der Waals surface area contributed by atoms with Gasteiger partial charge in [0.1, 0.15) is 17.9 Å². The van der Waals surface area contributed by atoms with E-state index >= 15 is 0 Å². The number of carbonyl (C=O) groups excluding carboxylic acids is 1. The minimum absolute atomic E-state index is 0.177. The monoisotopic (exact) mass is 430 g/mol. The van der Waals surface area contributed by atoms with Crippen LogP contribution in [0.2, 0.25) is 0 Å². The van der Waals surface area contributed by atoms with Crippen LogP contribution >= 0.6 is 0 Å². The normalized spacial score (nSPS) is 10.8. The van der Waals surface area contributed by atoms with Crippen LogP contribution in [-0.2, 0) is 13.0 Å². The Morgan fingerprint density at radius 2 is 1.84 bits per heavy atom. The Morgan fingerprint density at radius 3 is 2.69 bits per heavy atom. The molecule has 32 heavy (non-hydrogen) atoms. The molecule has 0 aliphatic heterocycles. The van der Waals surface area contributed by atoms with E-state index in [2.05, 4.69) is 37.8 Å². The van der Waals surface area contributed by atoms with Gasteiger partial charge in [0.2, 0.25) is 0 Å². The van der Waals surface area contributed by atoms with Crippen molar-refractivity contribution in [1.82, 2.24) is 25.1 Å². The van der Waals surface area contributed by atoms with Crippen molar-refractivity contribution in [3.05, 3.63) is 78.2 Å². The van der Waals surface area contributed by atoms with Crippen LogP contribution in [0, 0.1) is 0 Å². The number of ether oxygens (including phenoxy) is 1. The van der Waals surface area contributed by atoms with E-state index in [1.807, 2.05) is 37.3 Å². The van der Waals surface area contributed by atoms with Crippen LogP contribution in [-0.4, -0.2) is 45.4 Å². The van der Waals surface area contributed by atoms with Gasteiger partial charge >= 0.3 is 0 Å². The first-order chi connectivity index (χ1) is 15.8. The summed E-state index contributed by atoms with van der Waals surface area (Å²) in [5.41, 5.74) is 2.51. The third kappa shape index (κ3) is 5.03. The second kappa shape index (κ2) is 10.4. The standard InChI is InChI=1S/C24H26N6O2/c1-2-32-21-11-7-6-10-19(21)24(31)26-14-15-30-23-20(16-29-30)22(27-17-28-23)25-13-12-18-8-4-3-5-9-18/h3-11,16-17H,2,12-15H2,1H3,(H,26,31)(H,25,27,28). The molecule has 0 saturated carbocycles. The lowest BCUT2D eigenvalue weighted by atomic mass is 10.1. The number of hydrogen-bond donors (Lipinski definition) is 2. The molecule has 2 heterocycles. The predicted octanol–water partition coefficient (Wildman–Crippen LogP) is 3.31. The molecule has 0 aliphatic rings. The number of nitrogens with zero attached hydrogens (tertiary/aromatic N) is 4. The number of carbonyl (C=O) groups is 1. The molecule has 164 valence electrons. The molecule has 0 bridgehead atoms. The van der Waals surface area contributed by atoms with E-state index in [1.165, 1.54) is 11.9 Å². The van der Waals surface area contributed by atoms with E-state index in [1.54, 1.807) is 23.0 Å². The molecule has 2 aromatic carbocycles. The van der Waals surface area contributed by atoms with Crippen LogP contribution in [0.5, 0.6) is 5.75 Å². The number of nitrogens with one attached hydrogen (secondary N) is 2. The van der Waals surface area contributed by atoms with Crippen molar-refractivity contribution in [1.29, 1.82) is 0 Å². The highest BCUT2D eigenvalue weighted by molar-refractivity contribution is 5.96. The molecule has 8 heteroatoms. The Morgan fingerprint density at radius 1 is 1.03 bits per heavy atom. The molecule has 0 fully saturated rings. The molecule has 2 N–H and O–H groups in total. The van der Waals surface area contributed by atoms with Gasteiger partial charge in [0.15, 0.2) is 5.65 Å². The topological polar surface area (TPSA) is 94.0 Å². The van der Waals surface area contributed by atoms with Crippen LogP contribution < -0.4 is 15.4 Å². The number of rotatable bonds is 10. The summed E-state index contributed by atoms with van der Waals surface area (Å²) in [4.78, 5) is 21.3. The molecule has 0 spiro atoms. The third-order valence-electron chi connectivity index (χ3n) is 5.02. The summed E-state index contributed by atoms with van der Waals surface area (Å²) in [5.74, 6) is 1.16. The van der Waals surface area contributed by atoms with Crippen LogP contribution in [0.4, 0.5) is 5.82 Å². The summed E-state index contributed by atoms with van der Waals surface area (Å²) in [6.45, 7) is 4.06. The Kier molecular flexibility index (Phi) is 6.91. The van der Waals surface area contributed by atoms with E-state index < -0.39 is 0 Å². The number of para-hydroxylation sites is 1. The molecule has 0 atom stereocenters. The van der Waals surface area contributed by atoms with Gasteiger partial charge < -0.3 is 15.4 Å². The molecule has 0 aliphatic carbocycles. The van der Waals surface area contributed by atoms with Crippen LogP contribution in [0.3, 0.4) is 0 Å². The lowest BCUT2D eigenvalue weighted by Crippen LogP contribution is -2.28. The number of amides is 1. The molecular formula is C24H26N6O2. The maximum atomic E-state index is 12.6. The quantitative estimate of drug-likeness (QED) is 0.401. The van der Waals surface area contributed by atoms with Gasteiger partial charge in [-0.2, -0.15) is 5.10 Å². The van der Waals surface area contributed by atoms with E-state index in [0.717, 1.165) is 29.8 Å². The van der Waals surface area contributed by atoms with Crippen molar-refractivity contribution in [2.45, 2.75) is 19.9 Å². The zero-order valence-electron chi connectivity index (χ0n) is 18.0. The van der Waals surface area contributed by atoms with Gasteiger partial charge in [0.25, 0.3) is 5.91 Å². The average Bonchev–Trinajstić information content (AvgIpc) is 3.24. The van der Waals surface area contributed by atoms with E-state index in [9.17, 15) is 4.79 Å². The van der Waals surface area contributed by atoms with Crippen LogP contribution in [0.25, 0.3) is 11.0 Å². The summed E-state index contributed by atoms with van der Waals surface area (Å²) in [6, 6.07) is 17.5. The number of aromatic nitrogens is 4. The van der Waals surface area contributed by atoms with Gasteiger partial charge in [-0.05, 0) is 31.0 Å². The smallest absolute Gasteiger partial charge is 0.255 e. The fourth-order valence-corrected chi connectivity index (χ4v) is 3.47. The zero-order valence-corrected chi connectivity index (χ0v) is 18.0. The minimum Gasteiger partial charge on any atom is -0.493 e. The van der Waals surface area contributed by atoms with Crippen LogP contribution in [0.1, 0.15) is 22.8 Å². The van der Waals surface area contributed by atoms with Gasteiger partial charge in [-0.3, -0.25) is 4.79 Å². The summed E-state index contributed by atoms with van der Waals surface area (Å²) in [5, 5.41) is 11.6. The first-order valence-electron chi connectivity index (χ1n) is 10.7. The number of hydrogen-bond acceptors (Lipinski definition) is 6. The van der Waals surface area contributed by atoms with Crippen molar-refractivity contribution in [2.24, 2.45) is 0 Å². The second-order valence-corrected chi connectivity index (χ2v) is 7.17. The summed E-state index contributed by atoms with van der Waals surface area (Å²) in [7, 11) is 0. The highest BCUT2D eigenvalue weighted by atomic mass is 16.5. The average molecular weight is 431 g/mol. The largest absolute Gasteiger partial charge is 0.493 e. The molecule has 4 aromatic rings. The van der Waals surface area contributed by atoms with E-state index in [0.29, 0.717) is 31.0 Å². The number of anilines is 1. The van der Waals surface area contributed by atoms with Crippen molar-refractivity contribution in [3.63, 3.8) is 0 Å². The Bertz CT molecular complexity index is 1180. The molecule has 8 nitrogen and oxygen atoms in total. The summed E-state index contributed by atoms with van der Waals surface area (Å²) >= 11 is 0. The van der Waals surface area contributed by atoms with Crippen molar-refractivity contribution < 1.29 is 9.53 Å². The second-order valence-electron chi connectivity index (χ2n) is 7.17. The molecule has 4 rings (SSSR count). The van der Waals surface area contributed by atoms with Gasteiger partial charge in [-0.25, -0.2) is 14.6 Å². The fraction of sp³-hybridized carbons (Fsp3) is 0.250. The first-order valence-corrected chi connectivity index (χ1v) is 10.7. The Labute approximate surface area is 186 Å². The van der Waals surface area contributed by atoms with Crippen molar-refractivity contribution in [2.75, 3.05) is 25.0 Å². The number of fused-ring (bicyclic) bond motifs is 1. The van der Waals surface area contributed by atoms with Gasteiger partial charge in [-0.1, -0.05) is 42.5 Å². The molecule has 0 saturated heterocycles. The molecular weight excluding hydrogens is 404 g/mol. The first kappa shape index (κ1) is 21.3. The molecule has 1 amide bonds. The molecule has 0 radical (unpaired) electrons.